The van der Waals surface area contributed by atoms with Crippen molar-refractivity contribution in [3.8, 4) is 11.4 Å². The van der Waals surface area contributed by atoms with Crippen LogP contribution in [0.2, 0.25) is 0 Å². The molecule has 1 aromatic carbocycles. The molecule has 2 N–H and O–H groups in total. The number of nitrogens with zero attached hydrogens (tertiary/aromatic N) is 6. The topological polar surface area (TPSA) is 75.6 Å². The molecule has 2 saturated heterocycles. The van der Waals surface area contributed by atoms with Gasteiger partial charge in [-0.25, -0.2) is 18.9 Å². The van der Waals surface area contributed by atoms with Crippen LogP contribution in [0, 0.1) is 5.82 Å². The smallest absolute Gasteiger partial charge is 0.154 e. The van der Waals surface area contributed by atoms with Gasteiger partial charge in [-0.3, -0.25) is 0 Å². The molecule has 2 atom stereocenters. The van der Waals surface area contributed by atoms with E-state index in [4.69, 9.17) is 15.8 Å². The third kappa shape index (κ3) is 3.70. The Morgan fingerprint density at radius 3 is 2.73 bits per heavy atom. The van der Waals surface area contributed by atoms with Crippen molar-refractivity contribution in [2.75, 3.05) is 29.4 Å². The molecule has 2 unspecified atom stereocenters. The van der Waals surface area contributed by atoms with Gasteiger partial charge in [0.2, 0.25) is 0 Å². The van der Waals surface area contributed by atoms with E-state index in [0.717, 1.165) is 73.1 Å². The second kappa shape index (κ2) is 8.12. The molecule has 0 bridgehead atoms. The van der Waals surface area contributed by atoms with Crippen molar-refractivity contribution in [3.63, 3.8) is 0 Å². The second-order valence-electron chi connectivity index (χ2n) is 8.89. The maximum atomic E-state index is 13.9. The van der Waals surface area contributed by atoms with Gasteiger partial charge in [0.1, 0.15) is 23.1 Å². The zero-order valence-electron chi connectivity index (χ0n) is 18.3. The maximum absolute atomic E-state index is 13.9. The number of hydrogen-bond acceptors (Lipinski definition) is 6. The summed E-state index contributed by atoms with van der Waals surface area (Å²) in [6.45, 7) is 2.62. The van der Waals surface area contributed by atoms with E-state index in [2.05, 4.69) is 14.8 Å². The molecule has 0 amide bonds. The number of hydrogen-bond donors (Lipinski definition) is 1. The summed E-state index contributed by atoms with van der Waals surface area (Å²) >= 11 is 0. The Balaban J connectivity index is 1.36. The Labute approximate surface area is 191 Å². The Kier molecular flexibility index (Phi) is 4.95. The summed E-state index contributed by atoms with van der Waals surface area (Å²) in [6.07, 6.45) is 4.82. The monoisotopic (exact) mass is 443 g/mol. The van der Waals surface area contributed by atoms with Gasteiger partial charge in [0, 0.05) is 25.7 Å². The van der Waals surface area contributed by atoms with Gasteiger partial charge in [-0.2, -0.15) is 0 Å². The molecule has 0 radical (unpaired) electrons. The molecule has 0 aliphatic carbocycles. The lowest BCUT2D eigenvalue weighted by molar-refractivity contribution is 0.617. The molecule has 0 saturated carbocycles. The first-order chi connectivity index (χ1) is 16.2. The summed E-state index contributed by atoms with van der Waals surface area (Å²) < 4.78 is 15.7. The fourth-order valence-electron chi connectivity index (χ4n) is 5.03. The molecule has 2 fully saturated rings. The largest absolute Gasteiger partial charge is 0.355 e. The number of benzene rings is 1. The summed E-state index contributed by atoms with van der Waals surface area (Å²) in [6, 6.07) is 17.2. The van der Waals surface area contributed by atoms with E-state index >= 15 is 0 Å². The number of rotatable bonds is 4. The van der Waals surface area contributed by atoms with Crippen molar-refractivity contribution in [1.82, 2.24) is 19.6 Å². The first kappa shape index (κ1) is 20.1. The minimum absolute atomic E-state index is 0.110. The SMILES string of the molecule is NC1CCN(c2cccc(-c3cnc4ccc(N5CCCC5c5cccc(F)c5)nn34)n2)C1. The van der Waals surface area contributed by atoms with Crippen LogP contribution in [-0.2, 0) is 0 Å². The van der Waals surface area contributed by atoms with Crippen molar-refractivity contribution < 1.29 is 4.39 Å². The lowest BCUT2D eigenvalue weighted by atomic mass is 10.0. The molecule has 8 heteroatoms. The molecular weight excluding hydrogens is 417 g/mol. The molecule has 33 heavy (non-hydrogen) atoms. The van der Waals surface area contributed by atoms with Crippen molar-refractivity contribution in [2.45, 2.75) is 31.3 Å². The molecule has 168 valence electrons. The second-order valence-corrected chi connectivity index (χ2v) is 8.89. The molecule has 2 aliphatic rings. The number of anilines is 2. The molecule has 5 heterocycles. The van der Waals surface area contributed by atoms with Gasteiger partial charge >= 0.3 is 0 Å². The summed E-state index contributed by atoms with van der Waals surface area (Å²) in [4.78, 5) is 13.9. The number of nitrogens with two attached hydrogens (primary N) is 1. The molecule has 7 nitrogen and oxygen atoms in total. The van der Waals surface area contributed by atoms with Crippen molar-refractivity contribution in [3.05, 3.63) is 72.2 Å². The van der Waals surface area contributed by atoms with Crippen LogP contribution in [0.4, 0.5) is 16.0 Å². The normalized spacial score (nSPS) is 20.8. The molecule has 2 aliphatic heterocycles. The Morgan fingerprint density at radius 1 is 0.970 bits per heavy atom. The van der Waals surface area contributed by atoms with Crippen molar-refractivity contribution >= 4 is 17.3 Å². The van der Waals surface area contributed by atoms with E-state index in [1.54, 1.807) is 12.1 Å². The highest BCUT2D eigenvalue weighted by Gasteiger charge is 2.28. The Bertz CT molecular complexity index is 1300. The number of halogens is 1. The summed E-state index contributed by atoms with van der Waals surface area (Å²) in [5.74, 6) is 1.58. The van der Waals surface area contributed by atoms with Crippen LogP contribution in [-0.4, -0.2) is 45.3 Å². The average Bonchev–Trinajstić information content (AvgIpc) is 3.58. The van der Waals surface area contributed by atoms with Crippen LogP contribution in [0.25, 0.3) is 17.0 Å². The van der Waals surface area contributed by atoms with Gasteiger partial charge in [0.05, 0.1) is 17.9 Å². The van der Waals surface area contributed by atoms with Crippen LogP contribution >= 0.6 is 0 Å². The van der Waals surface area contributed by atoms with E-state index in [9.17, 15) is 4.39 Å². The van der Waals surface area contributed by atoms with Crippen LogP contribution in [0.3, 0.4) is 0 Å². The minimum Gasteiger partial charge on any atom is -0.355 e. The van der Waals surface area contributed by atoms with E-state index in [-0.39, 0.29) is 17.9 Å². The van der Waals surface area contributed by atoms with Crippen LogP contribution in [0.5, 0.6) is 0 Å². The van der Waals surface area contributed by atoms with Gasteiger partial charge in [0.15, 0.2) is 5.65 Å². The molecule has 0 spiro atoms. The van der Waals surface area contributed by atoms with Gasteiger partial charge in [0.25, 0.3) is 0 Å². The first-order valence-electron chi connectivity index (χ1n) is 11.5. The standard InChI is InChI=1S/C25H26FN7/c26-18-5-1-4-17(14-18)21-7-3-12-32(21)25-10-9-23-28-15-22(33(23)30-25)20-6-2-8-24(29-20)31-13-11-19(27)16-31/h1-2,4-6,8-10,14-15,19,21H,3,7,11-13,16,27H2. The van der Waals surface area contributed by atoms with E-state index < -0.39 is 0 Å². The van der Waals surface area contributed by atoms with E-state index in [0.29, 0.717) is 0 Å². The molecule has 6 rings (SSSR count). The molecule has 4 aromatic rings. The first-order valence-corrected chi connectivity index (χ1v) is 11.5. The predicted octanol–water partition coefficient (Wildman–Crippen LogP) is 3.81. The quantitative estimate of drug-likeness (QED) is 0.517. The molecular formula is C25H26FN7. The highest BCUT2D eigenvalue weighted by Crippen LogP contribution is 2.35. The van der Waals surface area contributed by atoms with Crippen LogP contribution in [0.1, 0.15) is 30.9 Å². The number of imidazole rings is 1. The highest BCUT2D eigenvalue weighted by atomic mass is 19.1. The number of fused-ring (bicyclic) bond motifs is 1. The fourth-order valence-corrected chi connectivity index (χ4v) is 5.03. The number of pyridine rings is 1. The average molecular weight is 444 g/mol. The van der Waals surface area contributed by atoms with Gasteiger partial charge in [-0.05, 0) is 61.2 Å². The maximum Gasteiger partial charge on any atom is 0.154 e. The summed E-state index contributed by atoms with van der Waals surface area (Å²) in [7, 11) is 0. The van der Waals surface area contributed by atoms with E-state index in [1.807, 2.05) is 47.1 Å². The zero-order valence-corrected chi connectivity index (χ0v) is 18.3. The minimum atomic E-state index is -0.204. The summed E-state index contributed by atoms with van der Waals surface area (Å²) in [5, 5.41) is 4.94. The number of aromatic nitrogens is 4. The highest BCUT2D eigenvalue weighted by molar-refractivity contribution is 5.63. The third-order valence-electron chi connectivity index (χ3n) is 6.67. The predicted molar refractivity (Wildman–Crippen MR) is 127 cm³/mol. The van der Waals surface area contributed by atoms with Crippen LogP contribution < -0.4 is 15.5 Å². The Morgan fingerprint density at radius 2 is 1.88 bits per heavy atom. The van der Waals surface area contributed by atoms with Gasteiger partial charge in [-0.1, -0.05) is 18.2 Å². The summed E-state index contributed by atoms with van der Waals surface area (Å²) in [5.41, 5.74) is 9.52. The van der Waals surface area contributed by atoms with Gasteiger partial charge < -0.3 is 15.5 Å². The third-order valence-corrected chi connectivity index (χ3v) is 6.67. The molecule has 3 aromatic heterocycles. The fraction of sp³-hybridized carbons (Fsp3) is 0.320. The van der Waals surface area contributed by atoms with Crippen molar-refractivity contribution in [1.29, 1.82) is 0 Å². The van der Waals surface area contributed by atoms with Gasteiger partial charge in [-0.15, -0.1) is 5.10 Å². The lowest BCUT2D eigenvalue weighted by Gasteiger charge is -2.26. The Hall–Kier alpha value is -3.52. The van der Waals surface area contributed by atoms with Crippen LogP contribution in [0.15, 0.2) is 60.8 Å². The van der Waals surface area contributed by atoms with Crippen molar-refractivity contribution in [2.24, 2.45) is 5.73 Å². The van der Waals surface area contributed by atoms with E-state index in [1.165, 1.54) is 6.07 Å². The lowest BCUT2D eigenvalue weighted by Crippen LogP contribution is -2.26. The zero-order chi connectivity index (χ0) is 22.4.